The van der Waals surface area contributed by atoms with E-state index in [4.69, 9.17) is 4.74 Å². The summed E-state index contributed by atoms with van der Waals surface area (Å²) < 4.78 is 5.59. The van der Waals surface area contributed by atoms with E-state index in [0.29, 0.717) is 10.0 Å². The van der Waals surface area contributed by atoms with Gasteiger partial charge in [0.15, 0.2) is 0 Å². The molecule has 1 amide bonds. The molecule has 0 radical (unpaired) electrons. The molecule has 1 aromatic carbocycles. The molecule has 1 N–H and O–H groups in total. The van der Waals surface area contributed by atoms with Gasteiger partial charge in [0.2, 0.25) is 0 Å². The van der Waals surface area contributed by atoms with Crippen molar-refractivity contribution < 1.29 is 14.3 Å². The van der Waals surface area contributed by atoms with E-state index in [2.05, 4.69) is 21.2 Å². The third-order valence-electron chi connectivity index (χ3n) is 1.88. The summed E-state index contributed by atoms with van der Waals surface area (Å²) in [5.74, 6) is -0.751. The summed E-state index contributed by atoms with van der Waals surface area (Å²) in [4.78, 5) is 22.9. The van der Waals surface area contributed by atoms with Gasteiger partial charge in [-0.1, -0.05) is 12.1 Å². The molecular weight excluding hydrogens is 286 g/mol. The van der Waals surface area contributed by atoms with Crippen molar-refractivity contribution in [2.24, 2.45) is 0 Å². The Balaban J connectivity index is 2.51. The Morgan fingerprint density at radius 2 is 2.00 bits per heavy atom. The molecule has 17 heavy (non-hydrogen) atoms. The molecule has 4 nitrogen and oxygen atoms in total. The molecule has 0 aliphatic heterocycles. The molecule has 5 heteroatoms. The second-order valence-electron chi connectivity index (χ2n) is 3.70. The lowest BCUT2D eigenvalue weighted by atomic mass is 10.2. The van der Waals surface area contributed by atoms with Crippen LogP contribution in [0.3, 0.4) is 0 Å². The highest BCUT2D eigenvalue weighted by atomic mass is 79.9. The number of esters is 1. The molecule has 0 aliphatic carbocycles. The second kappa shape index (κ2) is 6.39. The molecule has 0 unspecified atom stereocenters. The lowest BCUT2D eigenvalue weighted by Crippen LogP contribution is -2.31. The van der Waals surface area contributed by atoms with E-state index >= 15 is 0 Å². The minimum atomic E-state index is -0.444. The maximum atomic E-state index is 11.7. The van der Waals surface area contributed by atoms with E-state index < -0.39 is 5.97 Å². The fraction of sp³-hybridized carbons (Fsp3) is 0.333. The van der Waals surface area contributed by atoms with Gasteiger partial charge in [-0.2, -0.15) is 0 Å². The SMILES string of the molecule is CC(C)OC(=O)CNC(=O)c1ccccc1Br. The van der Waals surface area contributed by atoms with Gasteiger partial charge >= 0.3 is 5.97 Å². The number of carbonyl (C=O) groups excluding carboxylic acids is 2. The largest absolute Gasteiger partial charge is 0.462 e. The summed E-state index contributed by atoms with van der Waals surface area (Å²) in [6.45, 7) is 3.39. The molecule has 0 saturated carbocycles. The highest BCUT2D eigenvalue weighted by molar-refractivity contribution is 9.10. The van der Waals surface area contributed by atoms with Gasteiger partial charge in [-0.15, -0.1) is 0 Å². The number of hydrogen-bond donors (Lipinski definition) is 1. The van der Waals surface area contributed by atoms with E-state index in [1.807, 2.05) is 6.07 Å². The highest BCUT2D eigenvalue weighted by Crippen LogP contribution is 2.15. The molecule has 92 valence electrons. The van der Waals surface area contributed by atoms with Crippen molar-refractivity contribution in [1.82, 2.24) is 5.32 Å². The summed E-state index contributed by atoms with van der Waals surface area (Å²) in [6.07, 6.45) is -0.178. The van der Waals surface area contributed by atoms with Crippen molar-refractivity contribution in [2.45, 2.75) is 20.0 Å². The van der Waals surface area contributed by atoms with Gasteiger partial charge < -0.3 is 10.1 Å². The van der Waals surface area contributed by atoms with Crippen LogP contribution in [0, 0.1) is 0 Å². The average Bonchev–Trinajstić information content (AvgIpc) is 2.25. The fourth-order valence-corrected chi connectivity index (χ4v) is 1.66. The van der Waals surface area contributed by atoms with Crippen molar-refractivity contribution in [3.8, 4) is 0 Å². The Bertz CT molecular complexity index is 418. The smallest absolute Gasteiger partial charge is 0.325 e. The number of halogens is 1. The number of hydrogen-bond acceptors (Lipinski definition) is 3. The van der Waals surface area contributed by atoms with Crippen LogP contribution in [0.4, 0.5) is 0 Å². The minimum Gasteiger partial charge on any atom is -0.462 e. The van der Waals surface area contributed by atoms with Crippen LogP contribution >= 0.6 is 15.9 Å². The van der Waals surface area contributed by atoms with Crippen LogP contribution in [0.2, 0.25) is 0 Å². The summed E-state index contributed by atoms with van der Waals surface area (Å²) in [7, 11) is 0. The van der Waals surface area contributed by atoms with Crippen molar-refractivity contribution >= 4 is 27.8 Å². The first-order valence-corrected chi connectivity index (χ1v) is 6.02. The summed E-state index contributed by atoms with van der Waals surface area (Å²) >= 11 is 3.27. The number of amides is 1. The molecule has 0 aromatic heterocycles. The van der Waals surface area contributed by atoms with Crippen LogP contribution in [0.1, 0.15) is 24.2 Å². The summed E-state index contributed by atoms with van der Waals surface area (Å²) in [6, 6.07) is 7.01. The minimum absolute atomic E-state index is 0.127. The molecule has 1 rings (SSSR count). The average molecular weight is 300 g/mol. The highest BCUT2D eigenvalue weighted by Gasteiger charge is 2.11. The first-order valence-electron chi connectivity index (χ1n) is 5.23. The Labute approximate surface area is 108 Å². The lowest BCUT2D eigenvalue weighted by molar-refractivity contribution is -0.146. The number of rotatable bonds is 4. The van der Waals surface area contributed by atoms with Crippen molar-refractivity contribution in [3.05, 3.63) is 34.3 Å². The first-order chi connectivity index (χ1) is 8.00. The maximum absolute atomic E-state index is 11.7. The van der Waals surface area contributed by atoms with E-state index in [1.54, 1.807) is 32.0 Å². The zero-order valence-corrected chi connectivity index (χ0v) is 11.3. The Morgan fingerprint density at radius 3 is 2.59 bits per heavy atom. The number of nitrogens with one attached hydrogen (secondary N) is 1. The number of ether oxygens (including phenoxy) is 1. The van der Waals surface area contributed by atoms with Crippen molar-refractivity contribution in [3.63, 3.8) is 0 Å². The zero-order valence-electron chi connectivity index (χ0n) is 9.70. The van der Waals surface area contributed by atoms with Crippen LogP contribution in [0.25, 0.3) is 0 Å². The fourth-order valence-electron chi connectivity index (χ4n) is 1.20. The summed E-state index contributed by atoms with van der Waals surface area (Å²) in [5.41, 5.74) is 0.491. The quantitative estimate of drug-likeness (QED) is 0.867. The lowest BCUT2D eigenvalue weighted by Gasteiger charge is -2.09. The third kappa shape index (κ3) is 4.56. The summed E-state index contributed by atoms with van der Waals surface area (Å²) in [5, 5.41) is 2.50. The van der Waals surface area contributed by atoms with Crippen LogP contribution in [-0.2, 0) is 9.53 Å². The van der Waals surface area contributed by atoms with E-state index in [9.17, 15) is 9.59 Å². The van der Waals surface area contributed by atoms with E-state index in [1.165, 1.54) is 0 Å². The third-order valence-corrected chi connectivity index (χ3v) is 2.57. The predicted molar refractivity (Wildman–Crippen MR) is 67.7 cm³/mol. The van der Waals surface area contributed by atoms with Crippen LogP contribution in [-0.4, -0.2) is 24.5 Å². The maximum Gasteiger partial charge on any atom is 0.325 e. The second-order valence-corrected chi connectivity index (χ2v) is 4.56. The van der Waals surface area contributed by atoms with Gasteiger partial charge in [-0.3, -0.25) is 9.59 Å². The normalized spacial score (nSPS) is 10.1. The molecule has 0 saturated heterocycles. The van der Waals surface area contributed by atoms with Crippen molar-refractivity contribution in [2.75, 3.05) is 6.54 Å². The molecular formula is C12H14BrNO3. The molecule has 0 aliphatic rings. The molecule has 0 atom stereocenters. The van der Waals surface area contributed by atoms with Crippen LogP contribution in [0.15, 0.2) is 28.7 Å². The number of carbonyl (C=O) groups is 2. The van der Waals surface area contributed by atoms with Crippen LogP contribution < -0.4 is 5.32 Å². The van der Waals surface area contributed by atoms with Gasteiger partial charge in [0, 0.05) is 4.47 Å². The van der Waals surface area contributed by atoms with Gasteiger partial charge in [-0.05, 0) is 41.9 Å². The van der Waals surface area contributed by atoms with Gasteiger partial charge in [0.25, 0.3) is 5.91 Å². The van der Waals surface area contributed by atoms with Crippen LogP contribution in [0.5, 0.6) is 0 Å². The molecule has 0 spiro atoms. The van der Waals surface area contributed by atoms with Gasteiger partial charge in [0.05, 0.1) is 11.7 Å². The zero-order chi connectivity index (χ0) is 12.8. The number of benzene rings is 1. The van der Waals surface area contributed by atoms with Crippen molar-refractivity contribution in [1.29, 1.82) is 0 Å². The first kappa shape index (κ1) is 13.7. The molecule has 0 bridgehead atoms. The predicted octanol–water partition coefficient (Wildman–Crippen LogP) is 2.13. The Morgan fingerprint density at radius 1 is 1.35 bits per heavy atom. The van der Waals surface area contributed by atoms with E-state index in [0.717, 1.165) is 0 Å². The Kier molecular flexibility index (Phi) is 5.15. The molecule has 1 aromatic rings. The standard InChI is InChI=1S/C12H14BrNO3/c1-8(2)17-11(15)7-14-12(16)9-5-3-4-6-10(9)13/h3-6,8H,7H2,1-2H3,(H,14,16). The molecule has 0 fully saturated rings. The van der Waals surface area contributed by atoms with E-state index in [-0.39, 0.29) is 18.6 Å². The van der Waals surface area contributed by atoms with Gasteiger partial charge in [0.1, 0.15) is 6.54 Å². The topological polar surface area (TPSA) is 55.4 Å². The monoisotopic (exact) mass is 299 g/mol. The Hall–Kier alpha value is -1.36. The molecule has 0 heterocycles. The van der Waals surface area contributed by atoms with Gasteiger partial charge in [-0.25, -0.2) is 0 Å².